The van der Waals surface area contributed by atoms with Crippen LogP contribution in [0.15, 0.2) is 54.9 Å². The summed E-state index contributed by atoms with van der Waals surface area (Å²) in [5.41, 5.74) is 0.999. The Morgan fingerprint density at radius 1 is 0.976 bits per heavy atom. The molecule has 2 aliphatic heterocycles. The summed E-state index contributed by atoms with van der Waals surface area (Å²) < 4.78 is 31.9. The molecule has 1 amide bonds. The van der Waals surface area contributed by atoms with Crippen molar-refractivity contribution in [2.24, 2.45) is 0 Å². The van der Waals surface area contributed by atoms with Crippen molar-refractivity contribution in [1.82, 2.24) is 29.2 Å². The molecule has 6 rings (SSSR count). The molecule has 42 heavy (non-hydrogen) atoms. The van der Waals surface area contributed by atoms with Crippen LogP contribution in [-0.4, -0.2) is 103 Å². The molecule has 13 heteroatoms. The van der Waals surface area contributed by atoms with Crippen LogP contribution in [0.25, 0.3) is 16.7 Å². The Balaban J connectivity index is 1.22. The summed E-state index contributed by atoms with van der Waals surface area (Å²) in [4.78, 5) is 26.9. The number of fused-ring (bicyclic) bond motifs is 1. The summed E-state index contributed by atoms with van der Waals surface area (Å²) in [6.07, 6.45) is 3.23. The van der Waals surface area contributed by atoms with Gasteiger partial charge in [0.25, 0.3) is 11.8 Å². The van der Waals surface area contributed by atoms with Gasteiger partial charge in [0.2, 0.25) is 5.95 Å². The Hall–Kier alpha value is -3.62. The molecule has 0 atom stereocenters. The maximum absolute atomic E-state index is 15.2. The number of thioether (sulfide) groups is 1. The van der Waals surface area contributed by atoms with E-state index in [-0.39, 0.29) is 11.6 Å². The summed E-state index contributed by atoms with van der Waals surface area (Å²) in [5, 5.41) is 25.2. The second kappa shape index (κ2) is 11.6. The van der Waals surface area contributed by atoms with Crippen molar-refractivity contribution in [3.05, 3.63) is 77.6 Å². The number of aliphatic hydroxyl groups is 2. The van der Waals surface area contributed by atoms with Crippen LogP contribution in [0.2, 0.25) is 0 Å². The molecule has 0 saturated carbocycles. The van der Waals surface area contributed by atoms with Gasteiger partial charge in [-0.15, -0.1) is 0 Å². The number of amides is 1. The van der Waals surface area contributed by atoms with Crippen LogP contribution in [-0.2, 0) is 5.91 Å². The Morgan fingerprint density at radius 2 is 1.64 bits per heavy atom. The number of carbonyl (C=O) groups excluding carboxylic acids is 1. The Kier molecular flexibility index (Phi) is 7.85. The molecule has 2 saturated heterocycles. The maximum atomic E-state index is 15.2. The lowest BCUT2D eigenvalue weighted by atomic mass is 10.1. The molecule has 2 fully saturated rings. The molecule has 2 aliphatic rings. The zero-order chi connectivity index (χ0) is 29.4. The van der Waals surface area contributed by atoms with Crippen molar-refractivity contribution in [2.75, 3.05) is 63.1 Å². The van der Waals surface area contributed by atoms with E-state index in [4.69, 9.17) is 0 Å². The highest BCUT2D eigenvalue weighted by Gasteiger charge is 2.35. The first-order valence-electron chi connectivity index (χ1n) is 13.7. The first kappa shape index (κ1) is 28.5. The number of halogens is 2. The van der Waals surface area contributed by atoms with Gasteiger partial charge in [0, 0.05) is 79.8 Å². The number of hydrogen-bond donors (Lipinski definition) is 3. The molecule has 4 heterocycles. The molecule has 4 aromatic rings. The van der Waals surface area contributed by atoms with Gasteiger partial charge in [-0.3, -0.25) is 4.79 Å². The van der Waals surface area contributed by atoms with E-state index in [0.717, 1.165) is 23.6 Å². The SMILES string of the molecule is CN1CCN(C(=O)c2c(F)cc(-n3ccc4cnc(Nc5ccc(C(O)(O)N6CCSCC6)cc5)nc43)cc2F)CC1. The normalized spacial score (nSPS) is 17.1. The van der Waals surface area contributed by atoms with Crippen LogP contribution in [0.3, 0.4) is 0 Å². The minimum Gasteiger partial charge on any atom is -0.349 e. The molecule has 3 N–H and O–H groups in total. The monoisotopic (exact) mass is 595 g/mol. The number of benzene rings is 2. The maximum Gasteiger partial charge on any atom is 0.259 e. The van der Waals surface area contributed by atoms with Crippen LogP contribution < -0.4 is 5.32 Å². The lowest BCUT2D eigenvalue weighted by molar-refractivity contribution is -0.273. The van der Waals surface area contributed by atoms with E-state index < -0.39 is 29.0 Å². The molecule has 220 valence electrons. The van der Waals surface area contributed by atoms with Crippen LogP contribution >= 0.6 is 11.8 Å². The number of aromatic nitrogens is 3. The van der Waals surface area contributed by atoms with E-state index in [2.05, 4.69) is 20.2 Å². The zero-order valence-electron chi connectivity index (χ0n) is 23.0. The highest BCUT2D eigenvalue weighted by atomic mass is 32.2. The summed E-state index contributed by atoms with van der Waals surface area (Å²) in [5.74, 6) is -2.68. The highest BCUT2D eigenvalue weighted by molar-refractivity contribution is 7.99. The third-order valence-corrected chi connectivity index (χ3v) is 8.66. The van der Waals surface area contributed by atoms with Gasteiger partial charge in [0.15, 0.2) is 0 Å². The second-order valence-corrected chi connectivity index (χ2v) is 11.7. The third-order valence-electron chi connectivity index (χ3n) is 7.72. The number of rotatable bonds is 6. The largest absolute Gasteiger partial charge is 0.349 e. The average Bonchev–Trinajstić information content (AvgIpc) is 3.41. The molecule has 0 bridgehead atoms. The van der Waals surface area contributed by atoms with Crippen molar-refractivity contribution in [3.63, 3.8) is 0 Å². The lowest BCUT2D eigenvalue weighted by Gasteiger charge is -2.37. The van der Waals surface area contributed by atoms with Crippen molar-refractivity contribution in [1.29, 1.82) is 0 Å². The molecular weight excluding hydrogens is 564 g/mol. The Bertz CT molecular complexity index is 1580. The molecule has 2 aromatic heterocycles. The van der Waals surface area contributed by atoms with Crippen LogP contribution in [0.5, 0.6) is 0 Å². The van der Waals surface area contributed by atoms with Gasteiger partial charge in [-0.1, -0.05) is 12.1 Å². The molecule has 0 radical (unpaired) electrons. The van der Waals surface area contributed by atoms with Crippen LogP contribution in [0.1, 0.15) is 15.9 Å². The molecule has 0 spiro atoms. The third kappa shape index (κ3) is 5.57. The fraction of sp³-hybridized carbons (Fsp3) is 0.345. The highest BCUT2D eigenvalue weighted by Crippen LogP contribution is 2.28. The summed E-state index contributed by atoms with van der Waals surface area (Å²) >= 11 is 1.78. The van der Waals surface area contributed by atoms with Crippen molar-refractivity contribution >= 4 is 40.3 Å². The van der Waals surface area contributed by atoms with Gasteiger partial charge in [-0.25, -0.2) is 18.7 Å². The summed E-state index contributed by atoms with van der Waals surface area (Å²) in [7, 11) is 1.94. The predicted molar refractivity (Wildman–Crippen MR) is 157 cm³/mol. The quantitative estimate of drug-likeness (QED) is 0.290. The Labute approximate surface area is 245 Å². The van der Waals surface area contributed by atoms with E-state index in [1.165, 1.54) is 9.47 Å². The van der Waals surface area contributed by atoms with Gasteiger partial charge >= 0.3 is 0 Å². The fourth-order valence-corrected chi connectivity index (χ4v) is 6.12. The first-order valence-corrected chi connectivity index (χ1v) is 14.8. The van der Waals surface area contributed by atoms with Gasteiger partial charge in [-0.2, -0.15) is 16.7 Å². The topological polar surface area (TPSA) is 110 Å². The number of likely N-dealkylation sites (N-methyl/N-ethyl adjacent to an activating group) is 1. The van der Waals surface area contributed by atoms with Gasteiger partial charge < -0.3 is 29.9 Å². The number of carbonyl (C=O) groups is 1. The number of piperazine rings is 1. The number of anilines is 2. The number of nitrogens with one attached hydrogen (secondary N) is 1. The standard InChI is InChI=1S/C29H31F2N7O3S/c1-35-8-10-36(11-9-35)27(39)25-23(30)16-22(17-24(25)31)38-7-6-19-18-32-28(34-26(19)38)33-21-4-2-20(3-5-21)29(40,41)37-12-14-42-15-13-37/h2-7,16-18,40-41H,8-15H2,1H3,(H,32,33,34). The van der Waals surface area contributed by atoms with Gasteiger partial charge in [0.1, 0.15) is 22.8 Å². The number of nitrogens with zero attached hydrogens (tertiary/aromatic N) is 6. The smallest absolute Gasteiger partial charge is 0.259 e. The van der Waals surface area contributed by atoms with Crippen molar-refractivity contribution < 1.29 is 23.8 Å². The van der Waals surface area contributed by atoms with E-state index in [0.29, 0.717) is 61.6 Å². The van der Waals surface area contributed by atoms with E-state index in [1.807, 2.05) is 7.05 Å². The van der Waals surface area contributed by atoms with E-state index in [1.54, 1.807) is 59.4 Å². The molecule has 0 aliphatic carbocycles. The fourth-order valence-electron chi connectivity index (χ4n) is 5.22. The predicted octanol–water partition coefficient (Wildman–Crippen LogP) is 2.97. The van der Waals surface area contributed by atoms with Crippen molar-refractivity contribution in [2.45, 2.75) is 5.91 Å². The van der Waals surface area contributed by atoms with Crippen LogP contribution in [0.4, 0.5) is 20.4 Å². The minimum absolute atomic E-state index is 0.183. The van der Waals surface area contributed by atoms with E-state index >= 15 is 8.78 Å². The molecular formula is C29H31F2N7O3S. The minimum atomic E-state index is -2.06. The van der Waals surface area contributed by atoms with E-state index in [9.17, 15) is 15.0 Å². The molecule has 0 unspecified atom stereocenters. The van der Waals surface area contributed by atoms with Gasteiger partial charge in [0.05, 0.1) is 5.69 Å². The molecule has 2 aromatic carbocycles. The number of hydrogen-bond acceptors (Lipinski definition) is 9. The first-order chi connectivity index (χ1) is 20.2. The zero-order valence-corrected chi connectivity index (χ0v) is 23.8. The van der Waals surface area contributed by atoms with Crippen LogP contribution in [0, 0.1) is 11.6 Å². The lowest BCUT2D eigenvalue weighted by Crippen LogP contribution is -2.49. The average molecular weight is 596 g/mol. The second-order valence-electron chi connectivity index (χ2n) is 10.5. The summed E-state index contributed by atoms with van der Waals surface area (Å²) in [6.45, 7) is 3.26. The van der Waals surface area contributed by atoms with Gasteiger partial charge in [-0.05, 0) is 37.4 Å². The van der Waals surface area contributed by atoms with Crippen molar-refractivity contribution in [3.8, 4) is 5.69 Å². The molecule has 10 nitrogen and oxygen atoms in total. The summed E-state index contributed by atoms with van der Waals surface area (Å²) in [6, 6.07) is 10.6. The Morgan fingerprint density at radius 3 is 2.31 bits per heavy atom.